The molecule has 0 amide bonds. The molecule has 0 aromatic carbocycles. The molecule has 11 nitrogen and oxygen atoms in total. The summed E-state index contributed by atoms with van der Waals surface area (Å²) < 4.78 is 0. The monoisotopic (exact) mass is 413 g/mol. The van der Waals surface area contributed by atoms with E-state index < -0.39 is 0 Å². The van der Waals surface area contributed by atoms with Gasteiger partial charge in [-0.2, -0.15) is 15.0 Å². The molecule has 0 bridgehead atoms. The van der Waals surface area contributed by atoms with Crippen molar-refractivity contribution in [3.8, 4) is 0 Å². The Morgan fingerprint density at radius 1 is 0.833 bits per heavy atom. The number of piperidine rings is 2. The highest BCUT2D eigenvalue weighted by Gasteiger charge is 2.28. The highest BCUT2D eigenvalue weighted by Crippen LogP contribution is 2.22. The summed E-state index contributed by atoms with van der Waals surface area (Å²) in [5.41, 5.74) is 25.8. The Bertz CT molecular complexity index is 768. The smallest absolute Gasteiger partial charge is 0.232 e. The summed E-state index contributed by atoms with van der Waals surface area (Å²) in [4.78, 5) is 22.2. The number of rotatable bonds is 5. The topological polar surface area (TPSA) is 174 Å². The third-order valence-electron chi connectivity index (χ3n) is 5.38. The molecule has 4 rings (SSSR count). The fourth-order valence-electron chi connectivity index (χ4n) is 4.08. The molecule has 2 aromatic rings. The summed E-state index contributed by atoms with van der Waals surface area (Å²) in [6.45, 7) is 3.15. The molecule has 4 unspecified atom stereocenters. The SMILES string of the molecule is NC1CC(N)CN(c2nc(NCc3cccnc3)nc(N3CC(N)CC(N)C3)n2)C1. The number of nitrogens with zero attached hydrogens (tertiary/aromatic N) is 6. The molecule has 2 aliphatic rings. The van der Waals surface area contributed by atoms with Crippen LogP contribution in [-0.4, -0.2) is 70.3 Å². The first-order chi connectivity index (χ1) is 14.5. The van der Waals surface area contributed by atoms with Crippen LogP contribution < -0.4 is 38.1 Å². The minimum absolute atomic E-state index is 0.0161. The Morgan fingerprint density at radius 3 is 1.83 bits per heavy atom. The maximum Gasteiger partial charge on any atom is 0.232 e. The van der Waals surface area contributed by atoms with Crippen molar-refractivity contribution < 1.29 is 0 Å². The van der Waals surface area contributed by atoms with Gasteiger partial charge in [-0.3, -0.25) is 4.98 Å². The molecule has 162 valence electrons. The molecule has 4 heterocycles. The van der Waals surface area contributed by atoms with E-state index in [1.54, 1.807) is 12.4 Å². The predicted octanol–water partition coefficient (Wildman–Crippen LogP) is -1.39. The minimum atomic E-state index is -0.0161. The van der Waals surface area contributed by atoms with Crippen LogP contribution in [0, 0.1) is 0 Å². The third kappa shape index (κ3) is 5.11. The fourth-order valence-corrected chi connectivity index (χ4v) is 4.08. The molecular weight excluding hydrogens is 382 g/mol. The molecule has 4 atom stereocenters. The quantitative estimate of drug-likeness (QED) is 0.390. The van der Waals surface area contributed by atoms with E-state index in [4.69, 9.17) is 27.9 Å². The molecule has 0 aliphatic carbocycles. The van der Waals surface area contributed by atoms with Gasteiger partial charge in [0.05, 0.1) is 0 Å². The molecule has 2 fully saturated rings. The second-order valence-corrected chi connectivity index (χ2v) is 8.30. The van der Waals surface area contributed by atoms with Crippen LogP contribution in [0.4, 0.5) is 17.8 Å². The molecular formula is C19H31N11. The standard InChI is InChI=1S/C19H31N11/c20-13-4-14(21)9-29(8-13)18-26-17(25-7-12-2-1-3-24-6-12)27-19(28-18)30-10-15(22)5-16(23)11-30/h1-3,6,13-16H,4-5,7-11,20-23H2,(H,25,26,27,28). The molecule has 0 saturated carbocycles. The first kappa shape index (κ1) is 20.7. The van der Waals surface area contributed by atoms with Crippen molar-refractivity contribution in [2.24, 2.45) is 22.9 Å². The molecule has 30 heavy (non-hydrogen) atoms. The van der Waals surface area contributed by atoms with Crippen molar-refractivity contribution in [3.05, 3.63) is 30.1 Å². The normalized spacial score (nSPS) is 27.2. The largest absolute Gasteiger partial charge is 0.350 e. The van der Waals surface area contributed by atoms with Crippen molar-refractivity contribution in [2.45, 2.75) is 43.6 Å². The van der Waals surface area contributed by atoms with E-state index in [1.165, 1.54) is 0 Å². The van der Waals surface area contributed by atoms with E-state index in [-0.39, 0.29) is 24.2 Å². The van der Waals surface area contributed by atoms with Gasteiger partial charge in [0.25, 0.3) is 0 Å². The van der Waals surface area contributed by atoms with Gasteiger partial charge in [0.2, 0.25) is 17.8 Å². The van der Waals surface area contributed by atoms with Crippen LogP contribution in [0.1, 0.15) is 18.4 Å². The van der Waals surface area contributed by atoms with Gasteiger partial charge in [-0.15, -0.1) is 0 Å². The first-order valence-electron chi connectivity index (χ1n) is 10.4. The van der Waals surface area contributed by atoms with Crippen molar-refractivity contribution in [1.29, 1.82) is 0 Å². The second-order valence-electron chi connectivity index (χ2n) is 8.30. The average Bonchev–Trinajstić information content (AvgIpc) is 2.71. The Kier molecular flexibility index (Phi) is 6.23. The Hall–Kier alpha value is -2.60. The van der Waals surface area contributed by atoms with E-state index in [0.717, 1.165) is 18.4 Å². The first-order valence-corrected chi connectivity index (χ1v) is 10.4. The van der Waals surface area contributed by atoms with Gasteiger partial charge >= 0.3 is 0 Å². The van der Waals surface area contributed by atoms with Crippen LogP contribution in [-0.2, 0) is 6.54 Å². The average molecular weight is 414 g/mol. The number of pyridine rings is 1. The fraction of sp³-hybridized carbons (Fsp3) is 0.579. The summed E-state index contributed by atoms with van der Waals surface area (Å²) in [5.74, 6) is 1.61. The lowest BCUT2D eigenvalue weighted by molar-refractivity contribution is 0.441. The zero-order valence-electron chi connectivity index (χ0n) is 17.1. The zero-order valence-corrected chi connectivity index (χ0v) is 17.1. The van der Waals surface area contributed by atoms with Crippen LogP contribution in [0.2, 0.25) is 0 Å². The Morgan fingerprint density at radius 2 is 1.37 bits per heavy atom. The Labute approximate surface area is 176 Å². The summed E-state index contributed by atoms with van der Waals surface area (Å²) in [6, 6.07) is 3.83. The van der Waals surface area contributed by atoms with E-state index in [9.17, 15) is 0 Å². The molecule has 9 N–H and O–H groups in total. The number of nitrogens with two attached hydrogens (primary N) is 4. The van der Waals surface area contributed by atoms with Crippen LogP contribution >= 0.6 is 0 Å². The molecule has 0 radical (unpaired) electrons. The van der Waals surface area contributed by atoms with E-state index >= 15 is 0 Å². The van der Waals surface area contributed by atoms with E-state index in [1.807, 2.05) is 21.9 Å². The lowest BCUT2D eigenvalue weighted by Crippen LogP contribution is -2.54. The maximum absolute atomic E-state index is 6.18. The molecule has 2 aromatic heterocycles. The van der Waals surface area contributed by atoms with Crippen LogP contribution in [0.5, 0.6) is 0 Å². The van der Waals surface area contributed by atoms with Crippen LogP contribution in [0.3, 0.4) is 0 Å². The number of nitrogens with one attached hydrogen (secondary N) is 1. The highest BCUT2D eigenvalue weighted by atomic mass is 15.4. The molecule has 11 heteroatoms. The van der Waals surface area contributed by atoms with Gasteiger partial charge in [0.15, 0.2) is 0 Å². The van der Waals surface area contributed by atoms with Gasteiger partial charge in [-0.05, 0) is 24.5 Å². The third-order valence-corrected chi connectivity index (χ3v) is 5.38. The minimum Gasteiger partial charge on any atom is -0.350 e. The number of anilines is 3. The zero-order chi connectivity index (χ0) is 21.1. The van der Waals surface area contributed by atoms with Crippen molar-refractivity contribution in [2.75, 3.05) is 41.3 Å². The van der Waals surface area contributed by atoms with E-state index in [2.05, 4.69) is 20.3 Å². The maximum atomic E-state index is 6.18. The number of aromatic nitrogens is 4. The summed E-state index contributed by atoms with van der Waals surface area (Å²) in [5, 5.41) is 3.28. The van der Waals surface area contributed by atoms with Crippen molar-refractivity contribution in [1.82, 2.24) is 19.9 Å². The van der Waals surface area contributed by atoms with E-state index in [0.29, 0.717) is 50.6 Å². The number of hydrogen-bond donors (Lipinski definition) is 5. The summed E-state index contributed by atoms with van der Waals surface area (Å²) in [7, 11) is 0. The van der Waals surface area contributed by atoms with Crippen molar-refractivity contribution in [3.63, 3.8) is 0 Å². The van der Waals surface area contributed by atoms with Gasteiger partial charge < -0.3 is 38.1 Å². The molecule has 0 spiro atoms. The molecule has 2 saturated heterocycles. The predicted molar refractivity (Wildman–Crippen MR) is 117 cm³/mol. The van der Waals surface area contributed by atoms with Gasteiger partial charge in [0, 0.05) is 69.3 Å². The summed E-state index contributed by atoms with van der Waals surface area (Å²) in [6.07, 6.45) is 5.13. The lowest BCUT2D eigenvalue weighted by atomic mass is 10.0. The highest BCUT2D eigenvalue weighted by molar-refractivity contribution is 5.47. The lowest BCUT2D eigenvalue weighted by Gasteiger charge is -2.37. The molecule has 2 aliphatic heterocycles. The van der Waals surface area contributed by atoms with Gasteiger partial charge in [0.1, 0.15) is 0 Å². The summed E-state index contributed by atoms with van der Waals surface area (Å²) >= 11 is 0. The van der Waals surface area contributed by atoms with Crippen LogP contribution in [0.25, 0.3) is 0 Å². The van der Waals surface area contributed by atoms with Crippen LogP contribution in [0.15, 0.2) is 24.5 Å². The van der Waals surface area contributed by atoms with Crippen molar-refractivity contribution >= 4 is 17.8 Å². The Balaban J connectivity index is 1.61. The number of hydrogen-bond acceptors (Lipinski definition) is 11. The van der Waals surface area contributed by atoms with Gasteiger partial charge in [-0.25, -0.2) is 0 Å². The second kappa shape index (κ2) is 9.04. The van der Waals surface area contributed by atoms with Gasteiger partial charge in [-0.1, -0.05) is 6.07 Å².